The molecule has 0 aromatic rings. The SMILES string of the molecule is CCCCP(=O)(O)C1CCC(NC(=O)OC(C)(C)C)C1. The van der Waals surface area contributed by atoms with Gasteiger partial charge in [-0.05, 0) is 46.5 Å². The molecular formula is C14H28NO4P. The second-order valence-electron chi connectivity index (χ2n) is 6.64. The van der Waals surface area contributed by atoms with Crippen LogP contribution < -0.4 is 5.32 Å². The van der Waals surface area contributed by atoms with Gasteiger partial charge in [-0.25, -0.2) is 4.79 Å². The molecule has 0 bridgehead atoms. The van der Waals surface area contributed by atoms with Crippen molar-refractivity contribution >= 4 is 13.5 Å². The predicted molar refractivity (Wildman–Crippen MR) is 80.4 cm³/mol. The maximum atomic E-state index is 12.2. The number of hydrogen-bond donors (Lipinski definition) is 2. The largest absolute Gasteiger partial charge is 0.444 e. The molecule has 1 amide bonds. The van der Waals surface area contributed by atoms with Gasteiger partial charge in [0.15, 0.2) is 0 Å². The second kappa shape index (κ2) is 6.95. The minimum absolute atomic E-state index is 0.0445. The summed E-state index contributed by atoms with van der Waals surface area (Å²) in [5.41, 5.74) is -0.691. The summed E-state index contributed by atoms with van der Waals surface area (Å²) in [5, 5.41) is 2.80. The third kappa shape index (κ3) is 5.84. The van der Waals surface area contributed by atoms with E-state index < -0.39 is 19.1 Å². The van der Waals surface area contributed by atoms with E-state index in [2.05, 4.69) is 5.32 Å². The zero-order valence-electron chi connectivity index (χ0n) is 13.0. The average Bonchev–Trinajstić information content (AvgIpc) is 2.72. The Kier molecular flexibility index (Phi) is 6.08. The molecule has 5 nitrogen and oxygen atoms in total. The first-order valence-corrected chi connectivity index (χ1v) is 9.36. The van der Waals surface area contributed by atoms with Gasteiger partial charge in [0.2, 0.25) is 7.37 Å². The number of ether oxygens (including phenoxy) is 1. The number of rotatable bonds is 5. The summed E-state index contributed by atoms with van der Waals surface area (Å²) < 4.78 is 17.5. The average molecular weight is 305 g/mol. The molecule has 1 fully saturated rings. The van der Waals surface area contributed by atoms with E-state index in [1.165, 1.54) is 0 Å². The molecule has 1 aliphatic rings. The summed E-state index contributed by atoms with van der Waals surface area (Å²) in [6, 6.07) is -0.0445. The third-order valence-electron chi connectivity index (χ3n) is 3.53. The zero-order chi connectivity index (χ0) is 15.4. The lowest BCUT2D eigenvalue weighted by molar-refractivity contribution is 0.0505. The van der Waals surface area contributed by atoms with Crippen molar-refractivity contribution in [3.05, 3.63) is 0 Å². The van der Waals surface area contributed by atoms with Crippen LogP contribution in [0.4, 0.5) is 4.79 Å². The fourth-order valence-electron chi connectivity index (χ4n) is 2.50. The molecule has 0 spiro atoms. The summed E-state index contributed by atoms with van der Waals surface area (Å²) in [6.45, 7) is 7.46. The van der Waals surface area contributed by atoms with Crippen molar-refractivity contribution in [2.24, 2.45) is 0 Å². The topological polar surface area (TPSA) is 75.6 Å². The molecule has 0 aromatic carbocycles. The molecule has 3 unspecified atom stereocenters. The Morgan fingerprint density at radius 2 is 2.05 bits per heavy atom. The highest BCUT2D eigenvalue weighted by Gasteiger charge is 2.37. The maximum absolute atomic E-state index is 12.2. The Balaban J connectivity index is 2.43. The van der Waals surface area contributed by atoms with Crippen LogP contribution in [0.5, 0.6) is 0 Å². The number of nitrogens with one attached hydrogen (secondary N) is 1. The number of carbonyl (C=O) groups excluding carboxylic acids is 1. The summed E-state index contributed by atoms with van der Waals surface area (Å²) in [6.07, 6.45) is 3.71. The highest BCUT2D eigenvalue weighted by molar-refractivity contribution is 7.58. The van der Waals surface area contributed by atoms with E-state index in [1.807, 2.05) is 27.7 Å². The number of amides is 1. The van der Waals surface area contributed by atoms with Crippen molar-refractivity contribution in [2.75, 3.05) is 6.16 Å². The van der Waals surface area contributed by atoms with Crippen LogP contribution in [0.1, 0.15) is 59.8 Å². The van der Waals surface area contributed by atoms with Crippen molar-refractivity contribution in [3.8, 4) is 0 Å². The lowest BCUT2D eigenvalue weighted by Gasteiger charge is -2.22. The summed E-state index contributed by atoms with van der Waals surface area (Å²) in [7, 11) is -3.07. The lowest BCUT2D eigenvalue weighted by Crippen LogP contribution is -2.38. The van der Waals surface area contributed by atoms with Crippen molar-refractivity contribution in [1.82, 2.24) is 5.32 Å². The Hall–Kier alpha value is -0.540. The molecule has 0 saturated heterocycles. The molecule has 1 rings (SSSR count). The summed E-state index contributed by atoms with van der Waals surface area (Å²) in [4.78, 5) is 21.8. The predicted octanol–water partition coefficient (Wildman–Crippen LogP) is 3.50. The van der Waals surface area contributed by atoms with Gasteiger partial charge in [0, 0.05) is 17.9 Å². The van der Waals surface area contributed by atoms with Crippen molar-refractivity contribution in [1.29, 1.82) is 0 Å². The molecule has 0 radical (unpaired) electrons. The van der Waals surface area contributed by atoms with E-state index in [4.69, 9.17) is 4.74 Å². The van der Waals surface area contributed by atoms with Crippen LogP contribution in [0.25, 0.3) is 0 Å². The van der Waals surface area contributed by atoms with Gasteiger partial charge in [0.05, 0.1) is 0 Å². The van der Waals surface area contributed by atoms with Crippen LogP contribution in [0, 0.1) is 0 Å². The van der Waals surface area contributed by atoms with E-state index in [-0.39, 0.29) is 11.7 Å². The molecule has 6 heteroatoms. The molecule has 2 N–H and O–H groups in total. The highest BCUT2D eigenvalue weighted by atomic mass is 31.2. The van der Waals surface area contributed by atoms with Gasteiger partial charge in [-0.2, -0.15) is 0 Å². The van der Waals surface area contributed by atoms with Gasteiger partial charge >= 0.3 is 6.09 Å². The van der Waals surface area contributed by atoms with Crippen molar-refractivity contribution < 1.29 is 19.0 Å². The van der Waals surface area contributed by atoms with E-state index in [0.717, 1.165) is 19.3 Å². The number of alkyl carbamates (subject to hydrolysis) is 1. The molecule has 0 aromatic heterocycles. The third-order valence-corrected chi connectivity index (χ3v) is 6.10. The Morgan fingerprint density at radius 3 is 2.60 bits per heavy atom. The van der Waals surface area contributed by atoms with Gasteiger partial charge in [-0.1, -0.05) is 13.3 Å². The normalized spacial score (nSPS) is 26.1. The van der Waals surface area contributed by atoms with Crippen LogP contribution in [0.3, 0.4) is 0 Å². The number of hydrogen-bond acceptors (Lipinski definition) is 3. The Morgan fingerprint density at radius 1 is 1.40 bits per heavy atom. The minimum atomic E-state index is -3.07. The molecule has 118 valence electrons. The molecule has 1 saturated carbocycles. The van der Waals surface area contributed by atoms with Gasteiger partial charge < -0.3 is 14.9 Å². The Labute approximate surface area is 121 Å². The van der Waals surface area contributed by atoms with Gasteiger partial charge in [-0.15, -0.1) is 0 Å². The van der Waals surface area contributed by atoms with Crippen LogP contribution >= 0.6 is 7.37 Å². The fraction of sp³-hybridized carbons (Fsp3) is 0.929. The minimum Gasteiger partial charge on any atom is -0.444 e. The molecule has 3 atom stereocenters. The molecular weight excluding hydrogens is 277 g/mol. The monoisotopic (exact) mass is 305 g/mol. The van der Waals surface area contributed by atoms with E-state index in [1.54, 1.807) is 0 Å². The first kappa shape index (κ1) is 17.5. The molecule has 20 heavy (non-hydrogen) atoms. The van der Waals surface area contributed by atoms with Crippen LogP contribution in [-0.2, 0) is 9.30 Å². The first-order chi connectivity index (χ1) is 9.14. The van der Waals surface area contributed by atoms with E-state index in [9.17, 15) is 14.3 Å². The maximum Gasteiger partial charge on any atom is 0.407 e. The highest BCUT2D eigenvalue weighted by Crippen LogP contribution is 2.53. The number of carbonyl (C=O) groups is 1. The Bertz CT molecular complexity index is 378. The quantitative estimate of drug-likeness (QED) is 0.762. The van der Waals surface area contributed by atoms with Crippen LogP contribution in [0.2, 0.25) is 0 Å². The molecule has 0 aliphatic heterocycles. The summed E-state index contributed by atoms with van der Waals surface area (Å²) in [5.74, 6) is 0. The second-order valence-corrected chi connectivity index (χ2v) is 9.33. The zero-order valence-corrected chi connectivity index (χ0v) is 13.9. The van der Waals surface area contributed by atoms with Gasteiger partial charge in [0.25, 0.3) is 0 Å². The molecule has 1 aliphatic carbocycles. The van der Waals surface area contributed by atoms with Gasteiger partial charge in [-0.3, -0.25) is 4.57 Å². The first-order valence-electron chi connectivity index (χ1n) is 7.45. The standard InChI is InChI=1S/C14H28NO4P/c1-5-6-9-20(17,18)12-8-7-11(10-12)15-13(16)19-14(2,3)4/h11-12H,5-10H2,1-4H3,(H,15,16)(H,17,18). The van der Waals surface area contributed by atoms with Crippen molar-refractivity contribution in [3.63, 3.8) is 0 Å². The summed E-state index contributed by atoms with van der Waals surface area (Å²) >= 11 is 0. The fourth-order valence-corrected chi connectivity index (χ4v) is 4.77. The van der Waals surface area contributed by atoms with Crippen LogP contribution in [-0.4, -0.2) is 34.5 Å². The molecule has 0 heterocycles. The number of unbranched alkanes of at least 4 members (excludes halogenated alkanes) is 1. The van der Waals surface area contributed by atoms with Crippen LogP contribution in [0.15, 0.2) is 0 Å². The smallest absolute Gasteiger partial charge is 0.407 e. The van der Waals surface area contributed by atoms with Crippen molar-refractivity contribution in [2.45, 2.75) is 77.1 Å². The van der Waals surface area contributed by atoms with E-state index >= 15 is 0 Å². The van der Waals surface area contributed by atoms with E-state index in [0.29, 0.717) is 19.0 Å². The lowest BCUT2D eigenvalue weighted by atomic mass is 10.2. The van der Waals surface area contributed by atoms with Gasteiger partial charge in [0.1, 0.15) is 5.60 Å².